The van der Waals surface area contributed by atoms with E-state index in [9.17, 15) is 0 Å². The van der Waals surface area contributed by atoms with Gasteiger partial charge in [-0.25, -0.2) is 5.26 Å². The minimum atomic E-state index is 1.73. The molecule has 0 fully saturated rings. The topological polar surface area (TPSA) is 38.7 Å². The normalized spacial score (nSPS) is 10.8. The average molecular weight is 83.0 g/mol. The minimum absolute atomic E-state index is 1.73. The maximum Gasteiger partial charge on any atom is 0.258 e. The van der Waals surface area contributed by atoms with E-state index in [1.165, 1.54) is 0 Å². The summed E-state index contributed by atoms with van der Waals surface area (Å²) in [5.41, 5.74) is 0. The lowest BCUT2D eigenvalue weighted by Crippen LogP contribution is -1.65. The molecule has 1 N–H and O–H groups in total. The van der Waals surface area contributed by atoms with Crippen LogP contribution in [0.1, 0.15) is 0 Å². The first kappa shape index (κ1) is 2.54. The van der Waals surface area contributed by atoms with Crippen molar-refractivity contribution >= 4 is 9.47 Å². The fourth-order valence-electron chi connectivity index (χ4n) is 0. The zero-order valence-corrected chi connectivity index (χ0v) is 2.96. The fraction of sp³-hybridized carbons (Fsp3) is 0. The maximum absolute atomic E-state index is 5.74. The van der Waals surface area contributed by atoms with Crippen LogP contribution in [-0.2, 0) is 9.71 Å². The van der Waals surface area contributed by atoms with Gasteiger partial charge < -0.3 is 0 Å². The Balaban J connectivity index is 2.19. The van der Waals surface area contributed by atoms with E-state index in [4.69, 9.17) is 1.43 Å². The summed E-state index contributed by atoms with van der Waals surface area (Å²) in [4.78, 5) is 0. The quantitative estimate of drug-likeness (QED) is 0.294. The predicted molar refractivity (Wildman–Crippen MR) is 14.5 cm³/mol. The minimum Gasteiger partial charge on any atom is -0.221 e. The van der Waals surface area contributed by atoms with Gasteiger partial charge in [-0.05, 0) is 0 Å². The van der Waals surface area contributed by atoms with Crippen molar-refractivity contribution in [1.82, 2.24) is 0 Å². The van der Waals surface area contributed by atoms with Gasteiger partial charge in [0.1, 0.15) is 0 Å². The number of rotatable bonds is 2. The van der Waals surface area contributed by atoms with Crippen LogP contribution in [0.3, 0.4) is 0 Å². The third kappa shape index (κ3) is 2.31. The monoisotopic (exact) mass is 83.0 g/mol. The van der Waals surface area contributed by atoms with Gasteiger partial charge in [0.05, 0.1) is 0 Å². The van der Waals surface area contributed by atoms with Crippen LogP contribution < -0.4 is 0 Å². The van der Waals surface area contributed by atoms with E-state index in [1.807, 2.05) is 0 Å². The van der Waals surface area contributed by atoms with Crippen molar-refractivity contribution < 1.29 is 15.0 Å². The van der Waals surface area contributed by atoms with E-state index in [1.54, 1.807) is 9.47 Å². The second kappa shape index (κ2) is 3.31. The Morgan fingerprint density at radius 2 is 3.00 bits per heavy atom. The molecule has 0 saturated carbocycles. The lowest BCUT2D eigenvalue weighted by Gasteiger charge is -1.74. The predicted octanol–water partition coefficient (Wildman–Crippen LogP) is 0.198. The van der Waals surface area contributed by atoms with Crippen LogP contribution in [0.5, 0.6) is 0 Å². The van der Waals surface area contributed by atoms with E-state index in [2.05, 4.69) is 15.0 Å². The van der Waals surface area contributed by atoms with Crippen LogP contribution in [0, 0.1) is 0 Å². The molecule has 26 valence electrons. The number of hydrogen-bond donors (Lipinski definition) is 1. The molecule has 0 amide bonds. The molecule has 0 aromatic carbocycles. The van der Waals surface area contributed by atoms with E-state index >= 15 is 0 Å². The lowest BCUT2D eigenvalue weighted by molar-refractivity contribution is -0.433. The molecule has 0 saturated heterocycles. The van der Waals surface area contributed by atoms with Gasteiger partial charge in [0, 0.05) is 9.47 Å². The Hall–Kier alpha value is 0.310. The van der Waals surface area contributed by atoms with Gasteiger partial charge in [-0.1, -0.05) is 5.04 Å². The largest absolute Gasteiger partial charge is 0.258 e. The van der Waals surface area contributed by atoms with E-state index in [0.29, 0.717) is 0 Å². The molecule has 4 heavy (non-hydrogen) atoms. The van der Waals surface area contributed by atoms with Crippen molar-refractivity contribution in [3.8, 4) is 0 Å². The summed E-state index contributed by atoms with van der Waals surface area (Å²) in [6.45, 7) is 0. The molecule has 3 nitrogen and oxygen atoms in total. The van der Waals surface area contributed by atoms with Crippen LogP contribution in [0.25, 0.3) is 1.43 Å². The zero-order valence-electron chi connectivity index (χ0n) is 2.80. The molecular weight excluding hydrogens is 79.0 g/mol. The van der Waals surface area contributed by atoms with Crippen LogP contribution in [-0.4, -0.2) is 5.26 Å². The summed E-state index contributed by atoms with van der Waals surface area (Å²) in [7, 11) is 1.73. The second-order valence-corrected chi connectivity index (χ2v) is 0.357. The third-order valence-corrected chi connectivity index (χ3v) is 0.118. The summed E-state index contributed by atoms with van der Waals surface area (Å²) >= 11 is 0. The van der Waals surface area contributed by atoms with E-state index in [-0.39, 0.29) is 0 Å². The molecule has 0 heterocycles. The van der Waals surface area contributed by atoms with Crippen molar-refractivity contribution in [2.24, 2.45) is 0 Å². The Kier molecular flexibility index (Phi) is 2.10. The Labute approximate surface area is 27.2 Å². The summed E-state index contributed by atoms with van der Waals surface area (Å²) in [6.07, 6.45) is 0. The summed E-state index contributed by atoms with van der Waals surface area (Å²) < 4.78 is 9.44. The highest BCUT2D eigenvalue weighted by atomic mass is 31.0. The van der Waals surface area contributed by atoms with Crippen LogP contribution in [0.2, 0.25) is 0 Å². The Morgan fingerprint density at radius 3 is 3.00 bits per heavy atom. The molecule has 0 aromatic heterocycles. The summed E-state index contributed by atoms with van der Waals surface area (Å²) in [6, 6.07) is 0. The summed E-state index contributed by atoms with van der Waals surface area (Å²) in [5, 5.41) is 6.66. The molecule has 1 unspecified atom stereocenters. The molecule has 0 aliphatic rings. The van der Waals surface area contributed by atoms with Crippen LogP contribution in [0.15, 0.2) is 0 Å². The molecule has 0 radical (unpaired) electrons. The molecule has 0 spiro atoms. The molecule has 0 aliphatic carbocycles. The Morgan fingerprint density at radius 1 is 2.25 bits per heavy atom. The van der Waals surface area contributed by atoms with E-state index in [0.717, 1.165) is 0 Å². The molecule has 0 bridgehead atoms. The average Bonchev–Trinajstić information content (AvgIpc) is 1.41. The van der Waals surface area contributed by atoms with Gasteiger partial charge in [0.25, 0.3) is 1.43 Å². The van der Waals surface area contributed by atoms with Crippen LogP contribution >= 0.6 is 9.47 Å². The smallest absolute Gasteiger partial charge is 0.221 e. The lowest BCUT2D eigenvalue weighted by atomic mass is 14.6. The first-order valence-electron chi connectivity index (χ1n) is 0.977. The van der Waals surface area contributed by atoms with Crippen molar-refractivity contribution in [2.75, 3.05) is 0 Å². The third-order valence-electron chi connectivity index (χ3n) is 0.0393. The Bertz CT molecular complexity index is 14.4. The molecule has 0 aromatic rings. The van der Waals surface area contributed by atoms with Gasteiger partial charge in [0.2, 0.25) is 0 Å². The number of hydrogen-bond acceptors (Lipinski definition) is 3. The van der Waals surface area contributed by atoms with Crippen molar-refractivity contribution in [2.45, 2.75) is 0 Å². The first-order valence-corrected chi connectivity index (χ1v) is 1.04. The second-order valence-electron chi connectivity index (χ2n) is 0.164. The van der Waals surface area contributed by atoms with Gasteiger partial charge in [0.15, 0.2) is 0 Å². The SMILES string of the molecule is [2H]OOOP. The summed E-state index contributed by atoms with van der Waals surface area (Å²) in [5.74, 6) is 0. The fourth-order valence-corrected chi connectivity index (χ4v) is 0. The van der Waals surface area contributed by atoms with Gasteiger partial charge >= 0.3 is 0 Å². The highest BCUT2D eigenvalue weighted by Crippen LogP contribution is 1.77. The van der Waals surface area contributed by atoms with Gasteiger partial charge in [-0.2, -0.15) is 4.67 Å². The molecule has 0 rings (SSSR count). The molecular formula is H3O3P. The highest BCUT2D eigenvalue weighted by Gasteiger charge is 1.50. The van der Waals surface area contributed by atoms with Crippen molar-refractivity contribution in [3.05, 3.63) is 0 Å². The van der Waals surface area contributed by atoms with Crippen molar-refractivity contribution in [3.63, 3.8) is 0 Å². The first-order chi connectivity index (χ1) is 2.41. The zero-order chi connectivity index (χ0) is 4.12. The highest BCUT2D eigenvalue weighted by molar-refractivity contribution is 7.09. The van der Waals surface area contributed by atoms with Gasteiger partial charge in [-0.15, -0.1) is 0 Å². The molecule has 0 aliphatic heterocycles. The standard InChI is InChI=1S/H3O3P/c1-2-3-4/h1H,4H2/i/hD. The van der Waals surface area contributed by atoms with Gasteiger partial charge in [-0.3, -0.25) is 0 Å². The van der Waals surface area contributed by atoms with Crippen LogP contribution in [0.4, 0.5) is 0 Å². The molecule has 4 heteroatoms. The van der Waals surface area contributed by atoms with Crippen molar-refractivity contribution in [1.29, 1.82) is 1.43 Å². The van der Waals surface area contributed by atoms with E-state index < -0.39 is 0 Å². The maximum atomic E-state index is 5.74. The molecule has 1 atom stereocenters.